The van der Waals surface area contributed by atoms with E-state index in [0.717, 1.165) is 12.8 Å². The maximum Gasteiger partial charge on any atom is 0.186 e. The molecule has 0 spiro atoms. The number of hydrogen-bond acceptors (Lipinski definition) is 7. The summed E-state index contributed by atoms with van der Waals surface area (Å²) in [5.41, 5.74) is 0. The van der Waals surface area contributed by atoms with Crippen molar-refractivity contribution in [2.45, 2.75) is 153 Å². The predicted octanol–water partition coefficient (Wildman–Crippen LogP) is 4.47. The van der Waals surface area contributed by atoms with E-state index >= 15 is 0 Å². The minimum Gasteiger partial charge on any atom is -0.388 e. The first-order chi connectivity index (χ1) is 16.5. The summed E-state index contributed by atoms with van der Waals surface area (Å²) in [6.07, 6.45) is 14.9. The lowest BCUT2D eigenvalue weighted by atomic mass is 10.0. The van der Waals surface area contributed by atoms with Gasteiger partial charge in [-0.15, -0.1) is 0 Å². The van der Waals surface area contributed by atoms with E-state index in [1.165, 1.54) is 89.9 Å². The highest BCUT2D eigenvalue weighted by molar-refractivity contribution is 4.87. The Balaban J connectivity index is 1.83. The van der Waals surface area contributed by atoms with E-state index in [4.69, 9.17) is 14.2 Å². The van der Waals surface area contributed by atoms with E-state index in [0.29, 0.717) is 6.61 Å². The lowest BCUT2D eigenvalue weighted by molar-refractivity contribution is -0.297. The normalized spacial score (nSPS) is 26.1. The van der Waals surface area contributed by atoms with Crippen molar-refractivity contribution in [1.82, 2.24) is 0 Å². The van der Waals surface area contributed by atoms with Crippen molar-refractivity contribution in [3.8, 4) is 0 Å². The Labute approximate surface area is 208 Å². The van der Waals surface area contributed by atoms with Crippen LogP contribution in [0.3, 0.4) is 0 Å². The van der Waals surface area contributed by atoms with Crippen molar-refractivity contribution in [3.05, 3.63) is 0 Å². The van der Waals surface area contributed by atoms with Gasteiger partial charge in [0, 0.05) is 6.61 Å². The number of aliphatic hydroxyl groups is 4. The lowest BCUT2D eigenvalue weighted by Crippen LogP contribution is -2.57. The second-order valence-corrected chi connectivity index (χ2v) is 10.0. The van der Waals surface area contributed by atoms with Crippen molar-refractivity contribution in [2.24, 2.45) is 0 Å². The Bertz CT molecular complexity index is 451. The number of ether oxygens (including phenoxy) is 3. The van der Waals surface area contributed by atoms with Crippen LogP contribution < -0.4 is 0 Å². The van der Waals surface area contributed by atoms with Crippen LogP contribution in [0.1, 0.15) is 117 Å². The van der Waals surface area contributed by atoms with Crippen LogP contribution in [-0.4, -0.2) is 77.1 Å². The summed E-state index contributed by atoms with van der Waals surface area (Å²) in [5.74, 6) is 0. The van der Waals surface area contributed by atoms with Crippen molar-refractivity contribution in [3.63, 3.8) is 0 Å². The van der Waals surface area contributed by atoms with Gasteiger partial charge in [-0.25, -0.2) is 0 Å². The Kier molecular flexibility index (Phi) is 19.5. The van der Waals surface area contributed by atoms with Gasteiger partial charge in [0.1, 0.15) is 24.4 Å². The van der Waals surface area contributed by atoms with Gasteiger partial charge in [-0.05, 0) is 13.3 Å². The minimum absolute atomic E-state index is 0.0732. The molecule has 6 atom stereocenters. The van der Waals surface area contributed by atoms with Crippen LogP contribution >= 0.6 is 0 Å². The Morgan fingerprint density at radius 1 is 0.647 bits per heavy atom. The molecule has 0 radical (unpaired) electrons. The molecule has 0 saturated carbocycles. The maximum atomic E-state index is 9.99. The Morgan fingerprint density at radius 3 is 1.62 bits per heavy atom. The molecule has 1 fully saturated rings. The SMILES string of the molecule is CCCCCCCCCCCCCCCCCCOCC(O)CO[C@H]1OC(C)[C@H](O)C(O)C1O. The molecule has 34 heavy (non-hydrogen) atoms. The third-order valence-electron chi connectivity index (χ3n) is 6.71. The summed E-state index contributed by atoms with van der Waals surface area (Å²) in [6, 6.07) is 0. The third kappa shape index (κ3) is 15.0. The second-order valence-electron chi connectivity index (χ2n) is 10.0. The first-order valence-corrected chi connectivity index (χ1v) is 14.0. The molecule has 0 aromatic rings. The summed E-state index contributed by atoms with van der Waals surface area (Å²) in [6.45, 7) is 4.55. The van der Waals surface area contributed by atoms with Gasteiger partial charge < -0.3 is 34.6 Å². The predicted molar refractivity (Wildman–Crippen MR) is 135 cm³/mol. The molecular formula is C27H54O7. The fraction of sp³-hybridized carbons (Fsp3) is 1.00. The molecule has 0 aromatic carbocycles. The monoisotopic (exact) mass is 490 g/mol. The number of hydrogen-bond donors (Lipinski definition) is 4. The minimum atomic E-state index is -1.36. The largest absolute Gasteiger partial charge is 0.388 e. The van der Waals surface area contributed by atoms with Gasteiger partial charge in [0.2, 0.25) is 0 Å². The smallest absolute Gasteiger partial charge is 0.186 e. The topological polar surface area (TPSA) is 109 Å². The van der Waals surface area contributed by atoms with Gasteiger partial charge in [-0.2, -0.15) is 0 Å². The molecule has 0 amide bonds. The van der Waals surface area contributed by atoms with Gasteiger partial charge in [0.25, 0.3) is 0 Å². The molecule has 0 aromatic heterocycles. The average Bonchev–Trinajstić information content (AvgIpc) is 2.83. The maximum absolute atomic E-state index is 9.99. The van der Waals surface area contributed by atoms with Gasteiger partial charge >= 0.3 is 0 Å². The molecule has 7 nitrogen and oxygen atoms in total. The summed E-state index contributed by atoms with van der Waals surface area (Å²) in [4.78, 5) is 0. The van der Waals surface area contributed by atoms with Crippen LogP contribution in [0, 0.1) is 0 Å². The first kappa shape index (κ1) is 31.7. The van der Waals surface area contributed by atoms with Crippen LogP contribution in [0.5, 0.6) is 0 Å². The summed E-state index contributed by atoms with van der Waals surface area (Å²) >= 11 is 0. The van der Waals surface area contributed by atoms with E-state index in [1.807, 2.05) is 0 Å². The number of aliphatic hydroxyl groups excluding tert-OH is 4. The highest BCUT2D eigenvalue weighted by Crippen LogP contribution is 2.22. The van der Waals surface area contributed by atoms with E-state index in [1.54, 1.807) is 6.92 Å². The van der Waals surface area contributed by atoms with Crippen molar-refractivity contribution >= 4 is 0 Å². The van der Waals surface area contributed by atoms with Crippen molar-refractivity contribution in [2.75, 3.05) is 19.8 Å². The highest BCUT2D eigenvalue weighted by atomic mass is 16.7. The summed E-state index contributed by atoms with van der Waals surface area (Å²) in [7, 11) is 0. The second kappa shape index (κ2) is 20.9. The Hall–Kier alpha value is -0.280. The molecule has 4 unspecified atom stereocenters. The fourth-order valence-electron chi connectivity index (χ4n) is 4.38. The number of rotatable bonds is 22. The lowest BCUT2D eigenvalue weighted by Gasteiger charge is -2.39. The zero-order valence-electron chi connectivity index (χ0n) is 21.9. The zero-order chi connectivity index (χ0) is 25.0. The summed E-state index contributed by atoms with van der Waals surface area (Å²) < 4.78 is 16.2. The van der Waals surface area contributed by atoms with Crippen LogP contribution in [0.2, 0.25) is 0 Å². The fourth-order valence-corrected chi connectivity index (χ4v) is 4.38. The van der Waals surface area contributed by atoms with Crippen molar-refractivity contribution in [1.29, 1.82) is 0 Å². The molecule has 1 aliphatic heterocycles. The highest BCUT2D eigenvalue weighted by Gasteiger charge is 2.42. The van der Waals surface area contributed by atoms with Gasteiger partial charge in [-0.1, -0.05) is 103 Å². The summed E-state index contributed by atoms with van der Waals surface area (Å²) in [5, 5.41) is 39.3. The average molecular weight is 491 g/mol. The molecule has 0 bridgehead atoms. The molecule has 1 rings (SSSR count). The van der Waals surface area contributed by atoms with Crippen molar-refractivity contribution < 1.29 is 34.6 Å². The molecule has 0 aliphatic carbocycles. The Morgan fingerprint density at radius 2 is 1.12 bits per heavy atom. The van der Waals surface area contributed by atoms with Gasteiger partial charge in [0.05, 0.1) is 19.3 Å². The molecule has 7 heteroatoms. The van der Waals surface area contributed by atoms with Crippen LogP contribution in [0.4, 0.5) is 0 Å². The van der Waals surface area contributed by atoms with E-state index in [2.05, 4.69) is 6.92 Å². The zero-order valence-corrected chi connectivity index (χ0v) is 21.9. The standard InChI is InChI=1S/C27H54O7/c1-3-4-5-6-7-8-9-10-11-12-13-14-15-16-17-18-19-32-20-23(28)21-33-27-26(31)25(30)24(29)22(2)34-27/h22-31H,3-21H2,1-2H3/t22?,23?,24-,25?,26?,27-/m0/s1. The van der Waals surface area contributed by atoms with E-state index in [-0.39, 0.29) is 13.2 Å². The van der Waals surface area contributed by atoms with E-state index < -0.39 is 36.8 Å². The molecule has 204 valence electrons. The van der Waals surface area contributed by atoms with Crippen LogP contribution in [0.15, 0.2) is 0 Å². The van der Waals surface area contributed by atoms with Gasteiger partial charge in [0.15, 0.2) is 6.29 Å². The third-order valence-corrected chi connectivity index (χ3v) is 6.71. The number of unbranched alkanes of at least 4 members (excludes halogenated alkanes) is 15. The quantitative estimate of drug-likeness (QED) is 0.166. The molecule has 1 saturated heterocycles. The van der Waals surface area contributed by atoms with Gasteiger partial charge in [-0.3, -0.25) is 0 Å². The first-order valence-electron chi connectivity index (χ1n) is 14.0. The molecule has 4 N–H and O–H groups in total. The molecular weight excluding hydrogens is 436 g/mol. The molecule has 1 aliphatic rings. The van der Waals surface area contributed by atoms with E-state index in [9.17, 15) is 20.4 Å². The van der Waals surface area contributed by atoms with Crippen LogP contribution in [0.25, 0.3) is 0 Å². The molecule has 1 heterocycles. The van der Waals surface area contributed by atoms with Crippen LogP contribution in [-0.2, 0) is 14.2 Å².